The van der Waals surface area contributed by atoms with Crippen molar-refractivity contribution in [3.8, 4) is 0 Å². The van der Waals surface area contributed by atoms with Crippen LogP contribution in [0.15, 0.2) is 42.9 Å². The van der Waals surface area contributed by atoms with Crippen molar-refractivity contribution < 1.29 is 4.74 Å². The van der Waals surface area contributed by atoms with Gasteiger partial charge in [0.2, 0.25) is 0 Å². The second kappa shape index (κ2) is 5.98. The van der Waals surface area contributed by atoms with Gasteiger partial charge in [-0.1, -0.05) is 18.2 Å². The minimum absolute atomic E-state index is 0.0328. The molecule has 2 aliphatic rings. The quantitative estimate of drug-likeness (QED) is 0.940. The van der Waals surface area contributed by atoms with Crippen LogP contribution >= 0.6 is 0 Å². The first-order chi connectivity index (χ1) is 11.2. The number of imidazole rings is 1. The second-order valence-electron chi connectivity index (χ2n) is 6.86. The van der Waals surface area contributed by atoms with Gasteiger partial charge in [-0.25, -0.2) is 4.98 Å². The highest BCUT2D eigenvalue weighted by atomic mass is 16.5. The van der Waals surface area contributed by atoms with Crippen molar-refractivity contribution in [2.75, 3.05) is 25.0 Å². The third-order valence-electron chi connectivity index (χ3n) is 5.05. The molecule has 0 radical (unpaired) electrons. The Morgan fingerprint density at radius 1 is 1.35 bits per heavy atom. The number of aryl methyl sites for hydroxylation is 1. The van der Waals surface area contributed by atoms with Crippen molar-refractivity contribution in [2.45, 2.75) is 31.0 Å². The second-order valence-corrected chi connectivity index (χ2v) is 6.86. The van der Waals surface area contributed by atoms with E-state index >= 15 is 0 Å². The van der Waals surface area contributed by atoms with Crippen LogP contribution in [0.4, 0.5) is 5.69 Å². The molecule has 0 saturated carbocycles. The zero-order chi connectivity index (χ0) is 15.7. The Hall–Kier alpha value is -1.85. The number of ether oxygens (including phenoxy) is 1. The third kappa shape index (κ3) is 3.12. The summed E-state index contributed by atoms with van der Waals surface area (Å²) in [5, 5.41) is 3.60. The average Bonchev–Trinajstić information content (AvgIpc) is 3.25. The molecule has 1 N–H and O–H groups in total. The molecule has 3 heterocycles. The molecule has 2 aliphatic heterocycles. The van der Waals surface area contributed by atoms with Gasteiger partial charge in [0.1, 0.15) is 0 Å². The van der Waals surface area contributed by atoms with E-state index in [0.29, 0.717) is 6.04 Å². The highest BCUT2D eigenvalue weighted by Gasteiger charge is 2.45. The Morgan fingerprint density at radius 2 is 2.22 bits per heavy atom. The van der Waals surface area contributed by atoms with E-state index in [1.54, 1.807) is 0 Å². The number of nitrogens with zero attached hydrogens (tertiary/aromatic N) is 3. The molecule has 2 fully saturated rings. The third-order valence-corrected chi connectivity index (χ3v) is 5.05. The van der Waals surface area contributed by atoms with Crippen LogP contribution in [-0.2, 0) is 18.3 Å². The number of anilines is 1. The van der Waals surface area contributed by atoms with E-state index in [-0.39, 0.29) is 5.60 Å². The van der Waals surface area contributed by atoms with E-state index in [2.05, 4.69) is 51.1 Å². The van der Waals surface area contributed by atoms with Gasteiger partial charge in [-0.2, -0.15) is 0 Å². The van der Waals surface area contributed by atoms with Crippen molar-refractivity contribution in [1.29, 1.82) is 0 Å². The maximum atomic E-state index is 6.24. The molecule has 2 atom stereocenters. The molecule has 1 aromatic heterocycles. The summed E-state index contributed by atoms with van der Waals surface area (Å²) in [7, 11) is 2.06. The Balaban J connectivity index is 1.35. The highest BCUT2D eigenvalue weighted by Crippen LogP contribution is 2.36. The number of para-hydroxylation sites is 1. The predicted octanol–water partition coefficient (Wildman–Crippen LogP) is 2.27. The van der Waals surface area contributed by atoms with Gasteiger partial charge in [0.25, 0.3) is 0 Å². The number of hydrogen-bond donors (Lipinski definition) is 1. The fourth-order valence-electron chi connectivity index (χ4n) is 3.82. The van der Waals surface area contributed by atoms with Crippen molar-refractivity contribution >= 4 is 5.69 Å². The lowest BCUT2D eigenvalue weighted by Crippen LogP contribution is -2.33. The number of likely N-dealkylation sites (tertiary alicyclic amines) is 1. The maximum absolute atomic E-state index is 6.24. The Labute approximate surface area is 137 Å². The van der Waals surface area contributed by atoms with Crippen molar-refractivity contribution in [3.63, 3.8) is 0 Å². The lowest BCUT2D eigenvalue weighted by Gasteiger charge is -2.23. The maximum Gasteiger partial charge on any atom is 0.0945 e. The Morgan fingerprint density at radius 3 is 3.00 bits per heavy atom. The first-order valence-corrected chi connectivity index (χ1v) is 8.36. The van der Waals surface area contributed by atoms with Crippen LogP contribution in [0.5, 0.6) is 0 Å². The van der Waals surface area contributed by atoms with Gasteiger partial charge in [-0.15, -0.1) is 0 Å². The number of hydrogen-bond acceptors (Lipinski definition) is 4. The Kier molecular flexibility index (Phi) is 3.83. The molecule has 122 valence electrons. The molecular formula is C18H24N4O. The molecule has 0 unspecified atom stereocenters. The standard InChI is InChI=1S/C18H24N4O/c1-21-14-19-10-17(21)11-22-8-7-18(13-22)9-16(12-23-18)20-15-5-3-2-4-6-15/h2-6,10,14,16,20H,7-9,11-13H2,1H3/t16-,18-/m1/s1. The number of aromatic nitrogens is 2. The van der Waals surface area contributed by atoms with Crippen molar-refractivity contribution in [3.05, 3.63) is 48.5 Å². The summed E-state index contributed by atoms with van der Waals surface area (Å²) in [5.41, 5.74) is 2.48. The summed E-state index contributed by atoms with van der Waals surface area (Å²) in [6, 6.07) is 10.8. The molecular weight excluding hydrogens is 288 g/mol. The molecule has 0 bridgehead atoms. The molecule has 23 heavy (non-hydrogen) atoms. The first-order valence-electron chi connectivity index (χ1n) is 8.36. The van der Waals surface area contributed by atoms with E-state index in [1.807, 2.05) is 18.6 Å². The zero-order valence-corrected chi connectivity index (χ0v) is 13.6. The van der Waals surface area contributed by atoms with E-state index in [0.717, 1.165) is 39.1 Å². The van der Waals surface area contributed by atoms with Crippen LogP contribution in [0.1, 0.15) is 18.5 Å². The SMILES string of the molecule is Cn1cncc1CN1CC[C@@]2(C[C@@H](Nc3ccccc3)CO2)C1. The minimum atomic E-state index is 0.0328. The van der Waals surface area contributed by atoms with E-state index in [9.17, 15) is 0 Å². The largest absolute Gasteiger partial charge is 0.380 e. The molecule has 0 amide bonds. The van der Waals surface area contributed by atoms with Gasteiger partial charge in [0.15, 0.2) is 0 Å². The fourth-order valence-corrected chi connectivity index (χ4v) is 3.82. The van der Waals surface area contributed by atoms with Crippen LogP contribution in [0.25, 0.3) is 0 Å². The number of benzene rings is 1. The monoisotopic (exact) mass is 312 g/mol. The summed E-state index contributed by atoms with van der Waals surface area (Å²) >= 11 is 0. The van der Waals surface area contributed by atoms with Gasteiger partial charge in [-0.05, 0) is 18.6 Å². The van der Waals surface area contributed by atoms with Gasteiger partial charge in [0, 0.05) is 45.0 Å². The van der Waals surface area contributed by atoms with Crippen molar-refractivity contribution in [2.24, 2.45) is 7.05 Å². The minimum Gasteiger partial charge on any atom is -0.380 e. The van der Waals surface area contributed by atoms with Crippen molar-refractivity contribution in [1.82, 2.24) is 14.5 Å². The zero-order valence-electron chi connectivity index (χ0n) is 13.6. The number of rotatable bonds is 4. The summed E-state index contributed by atoms with van der Waals surface area (Å²) in [6.07, 6.45) is 6.04. The summed E-state index contributed by atoms with van der Waals surface area (Å²) < 4.78 is 8.34. The van der Waals surface area contributed by atoms with Crippen LogP contribution in [-0.4, -0.2) is 45.8 Å². The van der Waals surface area contributed by atoms with E-state index in [4.69, 9.17) is 4.74 Å². The summed E-state index contributed by atoms with van der Waals surface area (Å²) in [4.78, 5) is 6.69. The van der Waals surface area contributed by atoms with Gasteiger partial charge in [0.05, 0.1) is 30.3 Å². The average molecular weight is 312 g/mol. The Bertz CT molecular complexity index is 656. The van der Waals surface area contributed by atoms with Crippen LogP contribution < -0.4 is 5.32 Å². The lowest BCUT2D eigenvalue weighted by molar-refractivity contribution is 0.0118. The molecule has 1 spiro atoms. The van der Waals surface area contributed by atoms with Crippen LogP contribution in [0.3, 0.4) is 0 Å². The van der Waals surface area contributed by atoms with Crippen LogP contribution in [0, 0.1) is 0 Å². The molecule has 4 rings (SSSR count). The molecule has 2 aromatic rings. The van der Waals surface area contributed by atoms with Gasteiger partial charge in [-0.3, -0.25) is 4.90 Å². The van der Waals surface area contributed by atoms with Gasteiger partial charge < -0.3 is 14.6 Å². The highest BCUT2D eigenvalue weighted by molar-refractivity contribution is 5.43. The lowest BCUT2D eigenvalue weighted by atomic mass is 9.97. The molecule has 0 aliphatic carbocycles. The first kappa shape index (κ1) is 14.7. The van der Waals surface area contributed by atoms with E-state index < -0.39 is 0 Å². The van der Waals surface area contributed by atoms with Gasteiger partial charge >= 0.3 is 0 Å². The van der Waals surface area contributed by atoms with Crippen LogP contribution in [0.2, 0.25) is 0 Å². The summed E-state index contributed by atoms with van der Waals surface area (Å²) in [6.45, 7) is 3.88. The molecule has 5 nitrogen and oxygen atoms in total. The topological polar surface area (TPSA) is 42.3 Å². The summed E-state index contributed by atoms with van der Waals surface area (Å²) in [5.74, 6) is 0. The molecule has 1 aromatic carbocycles. The molecule has 2 saturated heterocycles. The van der Waals surface area contributed by atoms with E-state index in [1.165, 1.54) is 11.4 Å². The molecule has 5 heteroatoms. The fraction of sp³-hybridized carbons (Fsp3) is 0.500. The predicted molar refractivity (Wildman–Crippen MR) is 90.3 cm³/mol. The number of nitrogens with one attached hydrogen (secondary N) is 1. The normalized spacial score (nSPS) is 27.8. The smallest absolute Gasteiger partial charge is 0.0945 e.